The van der Waals surface area contributed by atoms with Crippen LogP contribution in [0.25, 0.3) is 0 Å². The van der Waals surface area contributed by atoms with E-state index in [4.69, 9.17) is 5.73 Å². The van der Waals surface area contributed by atoms with Crippen molar-refractivity contribution in [1.82, 2.24) is 0 Å². The molecule has 0 saturated heterocycles. The van der Waals surface area contributed by atoms with Gasteiger partial charge in [0.05, 0.1) is 0 Å². The van der Waals surface area contributed by atoms with Crippen LogP contribution in [0.1, 0.15) is 22.6 Å². The SMILES string of the molecule is NC(Cc1ccc(F)cc1F)C1Cc2ccccc21. The van der Waals surface area contributed by atoms with E-state index in [1.807, 2.05) is 12.1 Å². The van der Waals surface area contributed by atoms with Crippen molar-refractivity contribution < 1.29 is 8.78 Å². The first-order valence-corrected chi connectivity index (χ1v) is 6.42. The number of hydrogen-bond acceptors (Lipinski definition) is 1. The normalized spacial score (nSPS) is 18.6. The van der Waals surface area contributed by atoms with Crippen molar-refractivity contribution in [2.45, 2.75) is 24.8 Å². The van der Waals surface area contributed by atoms with Crippen LogP contribution in [0, 0.1) is 11.6 Å². The van der Waals surface area contributed by atoms with Gasteiger partial charge in [0.1, 0.15) is 11.6 Å². The lowest BCUT2D eigenvalue weighted by Crippen LogP contribution is -2.37. The lowest BCUT2D eigenvalue weighted by atomic mass is 9.72. The Morgan fingerprint density at radius 2 is 1.95 bits per heavy atom. The van der Waals surface area contributed by atoms with Gasteiger partial charge in [-0.3, -0.25) is 0 Å². The fourth-order valence-electron chi connectivity index (χ4n) is 2.76. The van der Waals surface area contributed by atoms with Gasteiger partial charge in [0.15, 0.2) is 0 Å². The molecule has 2 atom stereocenters. The van der Waals surface area contributed by atoms with Gasteiger partial charge in [-0.15, -0.1) is 0 Å². The van der Waals surface area contributed by atoms with Gasteiger partial charge in [0, 0.05) is 18.0 Å². The summed E-state index contributed by atoms with van der Waals surface area (Å²) < 4.78 is 26.4. The first-order valence-electron chi connectivity index (χ1n) is 6.42. The molecule has 19 heavy (non-hydrogen) atoms. The Kier molecular flexibility index (Phi) is 3.07. The van der Waals surface area contributed by atoms with Crippen LogP contribution in [0.5, 0.6) is 0 Å². The van der Waals surface area contributed by atoms with Crippen LogP contribution in [0.15, 0.2) is 42.5 Å². The van der Waals surface area contributed by atoms with E-state index < -0.39 is 11.6 Å². The molecular formula is C16H15F2N. The molecule has 3 rings (SSSR count). The number of rotatable bonds is 3. The van der Waals surface area contributed by atoms with Gasteiger partial charge in [-0.1, -0.05) is 30.3 Å². The Bertz CT molecular complexity index is 609. The van der Waals surface area contributed by atoms with Gasteiger partial charge in [-0.2, -0.15) is 0 Å². The van der Waals surface area contributed by atoms with Crippen LogP contribution in [-0.4, -0.2) is 6.04 Å². The molecule has 98 valence electrons. The minimum atomic E-state index is -0.552. The molecule has 0 aromatic heterocycles. The van der Waals surface area contributed by atoms with Gasteiger partial charge in [0.2, 0.25) is 0 Å². The Morgan fingerprint density at radius 1 is 1.16 bits per heavy atom. The van der Waals surface area contributed by atoms with E-state index >= 15 is 0 Å². The molecule has 3 heteroatoms. The molecule has 0 saturated carbocycles. The molecule has 0 fully saturated rings. The van der Waals surface area contributed by atoms with Gasteiger partial charge in [-0.05, 0) is 35.6 Å². The molecule has 0 aliphatic heterocycles. The fraction of sp³-hybridized carbons (Fsp3) is 0.250. The van der Waals surface area contributed by atoms with Crippen molar-refractivity contribution in [2.75, 3.05) is 0 Å². The maximum Gasteiger partial charge on any atom is 0.129 e. The largest absolute Gasteiger partial charge is 0.327 e. The fourth-order valence-corrected chi connectivity index (χ4v) is 2.76. The van der Waals surface area contributed by atoms with E-state index in [1.165, 1.54) is 23.3 Å². The van der Waals surface area contributed by atoms with Crippen molar-refractivity contribution in [3.05, 3.63) is 70.8 Å². The van der Waals surface area contributed by atoms with Crippen molar-refractivity contribution >= 4 is 0 Å². The van der Waals surface area contributed by atoms with Crippen molar-refractivity contribution in [3.63, 3.8) is 0 Å². The molecular weight excluding hydrogens is 244 g/mol. The number of hydrogen-bond donors (Lipinski definition) is 1. The topological polar surface area (TPSA) is 26.0 Å². The van der Waals surface area contributed by atoms with Gasteiger partial charge < -0.3 is 5.73 Å². The minimum absolute atomic E-state index is 0.130. The van der Waals surface area contributed by atoms with E-state index in [-0.39, 0.29) is 12.0 Å². The van der Waals surface area contributed by atoms with Crippen LogP contribution < -0.4 is 5.73 Å². The summed E-state index contributed by atoms with van der Waals surface area (Å²) in [6.45, 7) is 0. The highest BCUT2D eigenvalue weighted by molar-refractivity contribution is 5.41. The van der Waals surface area contributed by atoms with Crippen LogP contribution in [0.3, 0.4) is 0 Å². The van der Waals surface area contributed by atoms with Crippen molar-refractivity contribution in [1.29, 1.82) is 0 Å². The predicted molar refractivity (Wildman–Crippen MR) is 70.9 cm³/mol. The van der Waals surface area contributed by atoms with Crippen LogP contribution in [-0.2, 0) is 12.8 Å². The second-order valence-corrected chi connectivity index (χ2v) is 5.11. The summed E-state index contributed by atoms with van der Waals surface area (Å²) >= 11 is 0. The zero-order chi connectivity index (χ0) is 13.4. The summed E-state index contributed by atoms with van der Waals surface area (Å²) in [7, 11) is 0. The van der Waals surface area contributed by atoms with E-state index in [2.05, 4.69) is 12.1 Å². The summed E-state index contributed by atoms with van der Waals surface area (Å²) in [5.74, 6) is -0.785. The number of fused-ring (bicyclic) bond motifs is 1. The number of nitrogens with two attached hydrogens (primary N) is 1. The summed E-state index contributed by atoms with van der Waals surface area (Å²) in [6.07, 6.45) is 1.38. The third kappa shape index (κ3) is 2.26. The molecule has 0 amide bonds. The van der Waals surface area contributed by atoms with Crippen molar-refractivity contribution in [2.24, 2.45) is 5.73 Å². The lowest BCUT2D eigenvalue weighted by Gasteiger charge is -2.34. The molecule has 2 unspecified atom stereocenters. The van der Waals surface area contributed by atoms with Gasteiger partial charge >= 0.3 is 0 Å². The molecule has 2 N–H and O–H groups in total. The zero-order valence-corrected chi connectivity index (χ0v) is 10.4. The van der Waals surface area contributed by atoms with E-state index in [1.54, 1.807) is 0 Å². The Balaban J connectivity index is 1.75. The minimum Gasteiger partial charge on any atom is -0.327 e. The third-order valence-electron chi connectivity index (χ3n) is 3.88. The maximum atomic E-state index is 13.6. The molecule has 0 spiro atoms. The quantitative estimate of drug-likeness (QED) is 0.900. The summed E-state index contributed by atoms with van der Waals surface area (Å²) in [6, 6.07) is 11.7. The molecule has 2 aromatic carbocycles. The summed E-state index contributed by atoms with van der Waals surface area (Å²) in [5.41, 5.74) is 9.24. The van der Waals surface area contributed by atoms with Crippen LogP contribution in [0.4, 0.5) is 8.78 Å². The smallest absolute Gasteiger partial charge is 0.129 e. The highest BCUT2D eigenvalue weighted by Crippen LogP contribution is 2.37. The first kappa shape index (κ1) is 12.3. The predicted octanol–water partition coefficient (Wildman–Crippen LogP) is 3.17. The molecule has 1 aliphatic rings. The molecule has 0 radical (unpaired) electrons. The average molecular weight is 259 g/mol. The molecule has 1 nitrogen and oxygen atoms in total. The van der Waals surface area contributed by atoms with E-state index in [9.17, 15) is 8.78 Å². The molecule has 0 heterocycles. The standard InChI is InChI=1S/C16H15F2N/c17-12-6-5-11(15(18)9-12)8-16(19)14-7-10-3-1-2-4-13(10)14/h1-6,9,14,16H,7-8,19H2. The lowest BCUT2D eigenvalue weighted by molar-refractivity contribution is 0.470. The van der Waals surface area contributed by atoms with Crippen LogP contribution in [0.2, 0.25) is 0 Å². The van der Waals surface area contributed by atoms with E-state index in [0.717, 1.165) is 12.5 Å². The maximum absolute atomic E-state index is 13.6. The molecule has 2 aromatic rings. The highest BCUT2D eigenvalue weighted by Gasteiger charge is 2.30. The Morgan fingerprint density at radius 3 is 2.68 bits per heavy atom. The highest BCUT2D eigenvalue weighted by atomic mass is 19.1. The number of benzene rings is 2. The van der Waals surface area contributed by atoms with E-state index in [0.29, 0.717) is 12.0 Å². The average Bonchev–Trinajstić information content (AvgIpc) is 2.34. The zero-order valence-electron chi connectivity index (χ0n) is 10.4. The molecule has 1 aliphatic carbocycles. The van der Waals surface area contributed by atoms with Gasteiger partial charge in [0.25, 0.3) is 0 Å². The molecule has 0 bridgehead atoms. The Labute approximate surface area is 111 Å². The first-order chi connectivity index (χ1) is 9.15. The monoisotopic (exact) mass is 259 g/mol. The second-order valence-electron chi connectivity index (χ2n) is 5.11. The Hall–Kier alpha value is -1.74. The second kappa shape index (κ2) is 4.74. The van der Waals surface area contributed by atoms with Gasteiger partial charge in [-0.25, -0.2) is 8.78 Å². The van der Waals surface area contributed by atoms with Crippen LogP contribution >= 0.6 is 0 Å². The van der Waals surface area contributed by atoms with Crippen molar-refractivity contribution in [3.8, 4) is 0 Å². The summed E-state index contributed by atoms with van der Waals surface area (Å²) in [5, 5.41) is 0. The summed E-state index contributed by atoms with van der Waals surface area (Å²) in [4.78, 5) is 0. The third-order valence-corrected chi connectivity index (χ3v) is 3.88. The number of halogens is 2.